The minimum atomic E-state index is 0.172. The maximum atomic E-state index is 3.88. The van der Waals surface area contributed by atoms with Gasteiger partial charge >= 0.3 is 0 Å². The average Bonchev–Trinajstić information content (AvgIpc) is 3.17. The summed E-state index contributed by atoms with van der Waals surface area (Å²) in [5.41, 5.74) is 9.11. The number of benzene rings is 4. The third kappa shape index (κ3) is 3.68. The molecule has 0 aliphatic heterocycles. The summed E-state index contributed by atoms with van der Waals surface area (Å²) in [6.45, 7) is 9.50. The number of nitrogens with one attached hydrogen (secondary N) is 1. The highest BCUT2D eigenvalue weighted by Gasteiger charge is 2.37. The van der Waals surface area contributed by atoms with E-state index in [1.807, 2.05) is 0 Å². The number of halogens is 1. The Morgan fingerprint density at radius 2 is 1.31 bits per heavy atom. The molecule has 1 aliphatic carbocycles. The molecule has 176 valence electrons. The monoisotopic (exact) mass is 522 g/mol. The third-order valence-electron chi connectivity index (χ3n) is 7.91. The van der Waals surface area contributed by atoms with Crippen LogP contribution in [-0.2, 0) is 10.8 Å². The van der Waals surface area contributed by atoms with Crippen LogP contribution in [0.3, 0.4) is 0 Å². The van der Waals surface area contributed by atoms with Gasteiger partial charge in [-0.05, 0) is 93.2 Å². The van der Waals surface area contributed by atoms with E-state index in [4.69, 9.17) is 0 Å². The molecule has 0 bridgehead atoms. The summed E-state index contributed by atoms with van der Waals surface area (Å²) in [7, 11) is 0. The molecule has 1 aromatic heterocycles. The Bertz CT molecular complexity index is 1570. The Hall–Kier alpha value is -3.04. The van der Waals surface area contributed by atoms with Crippen molar-refractivity contribution in [2.24, 2.45) is 0 Å². The molecular weight excluding hydrogens is 492 g/mol. The lowest BCUT2D eigenvalue weighted by Crippen LogP contribution is -2.33. The van der Waals surface area contributed by atoms with Gasteiger partial charge in [0.1, 0.15) is 0 Å². The van der Waals surface area contributed by atoms with E-state index in [2.05, 4.69) is 138 Å². The maximum Gasteiger partial charge on any atom is 0.0561 e. The van der Waals surface area contributed by atoms with Crippen molar-refractivity contribution in [1.29, 1.82) is 0 Å². The summed E-state index contributed by atoms with van der Waals surface area (Å²) in [6.07, 6.45) is 2.42. The zero-order chi connectivity index (χ0) is 24.4. The van der Waals surface area contributed by atoms with E-state index in [9.17, 15) is 0 Å². The molecule has 5 aromatic rings. The van der Waals surface area contributed by atoms with Gasteiger partial charge in [0, 0.05) is 26.6 Å². The van der Waals surface area contributed by atoms with Crippen molar-refractivity contribution in [2.75, 3.05) is 5.32 Å². The number of anilines is 2. The van der Waals surface area contributed by atoms with Crippen LogP contribution in [0.2, 0.25) is 0 Å². The van der Waals surface area contributed by atoms with E-state index in [0.717, 1.165) is 15.8 Å². The Kier molecular flexibility index (Phi) is 5.12. The summed E-state index contributed by atoms with van der Waals surface area (Å²) in [5, 5.41) is 6.28. The summed E-state index contributed by atoms with van der Waals surface area (Å²) in [4.78, 5) is 0. The molecular formula is C32H31BrN2. The molecule has 0 atom stereocenters. The molecule has 0 unspecified atom stereocenters. The zero-order valence-corrected chi connectivity index (χ0v) is 22.4. The predicted molar refractivity (Wildman–Crippen MR) is 153 cm³/mol. The molecule has 0 fully saturated rings. The van der Waals surface area contributed by atoms with Gasteiger partial charge in [0.05, 0.1) is 16.7 Å². The molecule has 0 radical (unpaired) electrons. The first-order valence-electron chi connectivity index (χ1n) is 12.4. The van der Waals surface area contributed by atoms with Gasteiger partial charge in [0.2, 0.25) is 0 Å². The van der Waals surface area contributed by atoms with Crippen LogP contribution in [0, 0.1) is 0 Å². The molecule has 3 heteroatoms. The zero-order valence-electron chi connectivity index (χ0n) is 20.8. The number of para-hydroxylation sites is 2. The van der Waals surface area contributed by atoms with Crippen LogP contribution in [0.4, 0.5) is 11.4 Å². The van der Waals surface area contributed by atoms with Crippen molar-refractivity contribution in [3.05, 3.63) is 101 Å². The van der Waals surface area contributed by atoms with E-state index in [0.29, 0.717) is 0 Å². The van der Waals surface area contributed by atoms with Crippen molar-refractivity contribution in [2.45, 2.75) is 51.4 Å². The van der Waals surface area contributed by atoms with Gasteiger partial charge in [-0.25, -0.2) is 0 Å². The second kappa shape index (κ2) is 7.99. The van der Waals surface area contributed by atoms with Crippen molar-refractivity contribution in [3.63, 3.8) is 0 Å². The molecule has 1 aliphatic rings. The molecule has 0 amide bonds. The number of nitrogens with zero attached hydrogens (tertiary/aromatic N) is 1. The molecule has 4 aromatic carbocycles. The highest BCUT2D eigenvalue weighted by molar-refractivity contribution is 9.10. The van der Waals surface area contributed by atoms with Crippen LogP contribution in [0.1, 0.15) is 51.7 Å². The number of rotatable bonds is 3. The van der Waals surface area contributed by atoms with Crippen LogP contribution in [0.15, 0.2) is 89.4 Å². The average molecular weight is 524 g/mol. The second-order valence-electron chi connectivity index (χ2n) is 11.2. The number of aromatic nitrogens is 1. The molecule has 1 N–H and O–H groups in total. The first kappa shape index (κ1) is 22.4. The normalized spacial score (nSPS) is 16.4. The minimum absolute atomic E-state index is 0.172. The van der Waals surface area contributed by atoms with Crippen LogP contribution in [-0.4, -0.2) is 4.57 Å². The second-order valence-corrected chi connectivity index (χ2v) is 12.0. The van der Waals surface area contributed by atoms with Crippen molar-refractivity contribution < 1.29 is 0 Å². The Balaban J connectivity index is 1.50. The van der Waals surface area contributed by atoms with E-state index in [-0.39, 0.29) is 10.8 Å². The standard InChI is InChI=1S/C32H31BrN2/c1-31(2)16-17-32(3,4)26-20-28(27(33)19-25(26)31)34-21-14-15-24-23-12-8-9-13-29(23)35(30(24)18-21)22-10-6-5-7-11-22/h5-15,18-20,34H,16-17H2,1-4H3. The molecule has 35 heavy (non-hydrogen) atoms. The van der Waals surface area contributed by atoms with E-state index in [1.165, 1.54) is 51.5 Å². The van der Waals surface area contributed by atoms with Crippen molar-refractivity contribution >= 4 is 49.1 Å². The molecule has 0 saturated carbocycles. The first-order valence-corrected chi connectivity index (χ1v) is 13.2. The lowest BCUT2D eigenvalue weighted by molar-refractivity contribution is 0.332. The smallest absolute Gasteiger partial charge is 0.0561 e. The third-order valence-corrected chi connectivity index (χ3v) is 8.56. The summed E-state index contributed by atoms with van der Waals surface area (Å²) in [6, 6.07) is 30.7. The largest absolute Gasteiger partial charge is 0.355 e. The van der Waals surface area contributed by atoms with Crippen LogP contribution < -0.4 is 5.32 Å². The van der Waals surface area contributed by atoms with Gasteiger partial charge in [-0.2, -0.15) is 0 Å². The fourth-order valence-corrected chi connectivity index (χ4v) is 6.18. The van der Waals surface area contributed by atoms with E-state index in [1.54, 1.807) is 0 Å². The van der Waals surface area contributed by atoms with Gasteiger partial charge in [0.25, 0.3) is 0 Å². The Labute approximate surface area is 216 Å². The highest BCUT2D eigenvalue weighted by atomic mass is 79.9. The lowest BCUT2D eigenvalue weighted by atomic mass is 9.63. The van der Waals surface area contributed by atoms with Gasteiger partial charge in [-0.1, -0.05) is 70.2 Å². The number of fused-ring (bicyclic) bond motifs is 4. The Morgan fingerprint density at radius 3 is 2.06 bits per heavy atom. The minimum Gasteiger partial charge on any atom is -0.355 e. The van der Waals surface area contributed by atoms with E-state index < -0.39 is 0 Å². The molecule has 6 rings (SSSR count). The van der Waals surface area contributed by atoms with Crippen molar-refractivity contribution in [3.8, 4) is 5.69 Å². The summed E-state index contributed by atoms with van der Waals surface area (Å²) in [5.74, 6) is 0. The summed E-state index contributed by atoms with van der Waals surface area (Å²) < 4.78 is 3.48. The van der Waals surface area contributed by atoms with E-state index >= 15 is 0 Å². The van der Waals surface area contributed by atoms with Gasteiger partial charge in [-0.15, -0.1) is 0 Å². The molecule has 2 nitrogen and oxygen atoms in total. The molecule has 0 spiro atoms. The maximum absolute atomic E-state index is 3.88. The van der Waals surface area contributed by atoms with Gasteiger partial charge < -0.3 is 9.88 Å². The van der Waals surface area contributed by atoms with Crippen LogP contribution in [0.5, 0.6) is 0 Å². The topological polar surface area (TPSA) is 17.0 Å². The molecule has 0 saturated heterocycles. The fraction of sp³-hybridized carbons (Fsp3) is 0.250. The lowest BCUT2D eigenvalue weighted by Gasteiger charge is -2.42. The van der Waals surface area contributed by atoms with Gasteiger partial charge in [0.15, 0.2) is 0 Å². The predicted octanol–water partition coefficient (Wildman–Crippen LogP) is 9.64. The number of hydrogen-bond donors (Lipinski definition) is 1. The molecule has 1 heterocycles. The SMILES string of the molecule is CC1(C)CCC(C)(C)c2cc(Nc3ccc4c5ccccc5n(-c5ccccc5)c4c3)c(Br)cc21. The highest BCUT2D eigenvalue weighted by Crippen LogP contribution is 2.48. The quantitative estimate of drug-likeness (QED) is 0.249. The Morgan fingerprint density at radius 1 is 0.686 bits per heavy atom. The fourth-order valence-electron chi connectivity index (χ4n) is 5.74. The summed E-state index contributed by atoms with van der Waals surface area (Å²) >= 11 is 3.88. The van der Waals surface area contributed by atoms with Crippen LogP contribution in [0.25, 0.3) is 27.5 Å². The van der Waals surface area contributed by atoms with Gasteiger partial charge in [-0.3, -0.25) is 0 Å². The van der Waals surface area contributed by atoms with Crippen LogP contribution >= 0.6 is 15.9 Å². The first-order chi connectivity index (χ1) is 16.7. The van der Waals surface area contributed by atoms with Crippen molar-refractivity contribution in [1.82, 2.24) is 4.57 Å². The number of hydrogen-bond acceptors (Lipinski definition) is 1.